The molecule has 0 aromatic heterocycles. The van der Waals surface area contributed by atoms with Gasteiger partial charge < -0.3 is 20.6 Å². The van der Waals surface area contributed by atoms with E-state index in [1.54, 1.807) is 0 Å². The first kappa shape index (κ1) is 19.6. The van der Waals surface area contributed by atoms with Crippen molar-refractivity contribution in [1.29, 1.82) is 0 Å². The lowest BCUT2D eigenvalue weighted by molar-refractivity contribution is -0.141. The molecule has 0 aliphatic carbocycles. The number of carboxylic acids is 3. The second-order valence-corrected chi connectivity index (χ2v) is 6.58. The normalized spacial score (nSPS) is 11.6. The predicted molar refractivity (Wildman–Crippen MR) is 78.2 cm³/mol. The van der Waals surface area contributed by atoms with E-state index in [1.165, 1.54) is 21.6 Å². The van der Waals surface area contributed by atoms with E-state index in [0.717, 1.165) is 0 Å². The van der Waals surface area contributed by atoms with Crippen molar-refractivity contribution in [3.8, 4) is 0 Å². The molecule has 0 radical (unpaired) electrons. The van der Waals surface area contributed by atoms with Gasteiger partial charge in [0.2, 0.25) is 5.91 Å². The Labute approximate surface area is 129 Å². The van der Waals surface area contributed by atoms with E-state index in [9.17, 15) is 19.2 Å². The largest absolute Gasteiger partial charge is 0.481 e. The molecule has 0 aromatic carbocycles. The highest BCUT2D eigenvalue weighted by atomic mass is 33.1. The van der Waals surface area contributed by atoms with Gasteiger partial charge in [0.25, 0.3) is 0 Å². The topological polar surface area (TPSA) is 141 Å². The standard InChI is InChI=1S/C11H17NO7S2/c13-8(2-1-3-9(14)15)12-7(11(18)19)6-21-20-5-4-10(16)17/h7H,1-6H2,(H,12,13)(H,14,15)(H,16,17)(H,18,19). The monoisotopic (exact) mass is 339 g/mol. The summed E-state index contributed by atoms with van der Waals surface area (Å²) in [4.78, 5) is 43.0. The van der Waals surface area contributed by atoms with E-state index >= 15 is 0 Å². The van der Waals surface area contributed by atoms with Gasteiger partial charge in [0.05, 0.1) is 6.42 Å². The minimum Gasteiger partial charge on any atom is -0.481 e. The van der Waals surface area contributed by atoms with Gasteiger partial charge in [-0.1, -0.05) is 21.6 Å². The molecule has 8 nitrogen and oxygen atoms in total. The zero-order valence-corrected chi connectivity index (χ0v) is 12.7. The number of hydrogen-bond acceptors (Lipinski definition) is 6. The summed E-state index contributed by atoms with van der Waals surface area (Å²) < 4.78 is 0. The lowest BCUT2D eigenvalue weighted by Crippen LogP contribution is -2.42. The van der Waals surface area contributed by atoms with Crippen molar-refractivity contribution in [2.75, 3.05) is 11.5 Å². The van der Waals surface area contributed by atoms with Crippen LogP contribution in [0, 0.1) is 0 Å². The first-order valence-corrected chi connectivity index (χ1v) is 8.52. The van der Waals surface area contributed by atoms with Crippen LogP contribution in [0.15, 0.2) is 0 Å². The number of carbonyl (C=O) groups is 4. The van der Waals surface area contributed by atoms with E-state index in [-0.39, 0.29) is 31.4 Å². The zero-order valence-electron chi connectivity index (χ0n) is 11.1. The molecular formula is C11H17NO7S2. The van der Waals surface area contributed by atoms with E-state index < -0.39 is 29.9 Å². The molecule has 0 heterocycles. The highest BCUT2D eigenvalue weighted by Gasteiger charge is 2.20. The second-order valence-electron chi connectivity index (χ2n) is 3.96. The fourth-order valence-corrected chi connectivity index (χ4v) is 3.28. The average molecular weight is 339 g/mol. The summed E-state index contributed by atoms with van der Waals surface area (Å²) in [5.74, 6) is -3.19. The van der Waals surface area contributed by atoms with Gasteiger partial charge in [0, 0.05) is 24.3 Å². The van der Waals surface area contributed by atoms with Crippen LogP contribution in [0.2, 0.25) is 0 Å². The molecule has 21 heavy (non-hydrogen) atoms. The molecule has 0 saturated carbocycles. The maximum atomic E-state index is 11.5. The van der Waals surface area contributed by atoms with Crippen LogP contribution in [0.25, 0.3) is 0 Å². The highest BCUT2D eigenvalue weighted by Crippen LogP contribution is 2.22. The van der Waals surface area contributed by atoms with Crippen molar-refractivity contribution in [1.82, 2.24) is 5.32 Å². The molecule has 1 atom stereocenters. The first-order chi connectivity index (χ1) is 9.82. The smallest absolute Gasteiger partial charge is 0.327 e. The molecule has 0 aromatic rings. The Hall–Kier alpha value is -1.42. The molecule has 0 aliphatic rings. The van der Waals surface area contributed by atoms with E-state index in [4.69, 9.17) is 15.3 Å². The molecule has 0 bridgehead atoms. The summed E-state index contributed by atoms with van der Waals surface area (Å²) in [7, 11) is 2.39. The van der Waals surface area contributed by atoms with Gasteiger partial charge in [0.15, 0.2) is 0 Å². The van der Waals surface area contributed by atoms with Gasteiger partial charge in [0.1, 0.15) is 6.04 Å². The molecule has 120 valence electrons. The minimum absolute atomic E-state index is 0.0169. The maximum absolute atomic E-state index is 11.5. The van der Waals surface area contributed by atoms with Crippen LogP contribution >= 0.6 is 21.6 Å². The summed E-state index contributed by atoms with van der Waals surface area (Å²) in [5, 5.41) is 28.1. The molecule has 4 N–H and O–H groups in total. The van der Waals surface area contributed by atoms with Crippen LogP contribution in [0.4, 0.5) is 0 Å². The van der Waals surface area contributed by atoms with Gasteiger partial charge >= 0.3 is 17.9 Å². The molecular weight excluding hydrogens is 322 g/mol. The SMILES string of the molecule is O=C(O)CCCC(=O)NC(CSSCCC(=O)O)C(=O)O. The molecule has 0 fully saturated rings. The Morgan fingerprint density at radius 1 is 0.905 bits per heavy atom. The molecule has 1 unspecified atom stereocenters. The number of aliphatic carboxylic acids is 3. The fourth-order valence-electron chi connectivity index (χ4n) is 1.15. The Balaban J connectivity index is 3.95. The molecule has 0 saturated heterocycles. The van der Waals surface area contributed by atoms with Gasteiger partial charge in [-0.2, -0.15) is 0 Å². The van der Waals surface area contributed by atoms with Gasteiger partial charge in [-0.15, -0.1) is 0 Å². The molecule has 0 aliphatic heterocycles. The van der Waals surface area contributed by atoms with Gasteiger partial charge in [-0.25, -0.2) is 4.79 Å². The molecule has 0 rings (SSSR count). The minimum atomic E-state index is -1.19. The molecule has 10 heteroatoms. The number of hydrogen-bond donors (Lipinski definition) is 4. The van der Waals surface area contributed by atoms with Crippen molar-refractivity contribution in [2.24, 2.45) is 0 Å². The summed E-state index contributed by atoms with van der Waals surface area (Å²) in [5.41, 5.74) is 0. The summed E-state index contributed by atoms with van der Waals surface area (Å²) in [6.07, 6.45) is -0.0667. The van der Waals surface area contributed by atoms with Crippen molar-refractivity contribution in [3.05, 3.63) is 0 Å². The first-order valence-electron chi connectivity index (χ1n) is 6.03. The highest BCUT2D eigenvalue weighted by molar-refractivity contribution is 8.76. The van der Waals surface area contributed by atoms with Crippen molar-refractivity contribution >= 4 is 45.4 Å². The Morgan fingerprint density at radius 3 is 2.05 bits per heavy atom. The number of carbonyl (C=O) groups excluding carboxylic acids is 1. The Kier molecular flexibility index (Phi) is 10.5. The maximum Gasteiger partial charge on any atom is 0.327 e. The van der Waals surface area contributed by atoms with Crippen LogP contribution < -0.4 is 5.32 Å². The fraction of sp³-hybridized carbons (Fsp3) is 0.636. The predicted octanol–water partition coefficient (Wildman–Crippen LogP) is 0.667. The van der Waals surface area contributed by atoms with Gasteiger partial charge in [-0.3, -0.25) is 14.4 Å². The Morgan fingerprint density at radius 2 is 1.52 bits per heavy atom. The second kappa shape index (κ2) is 11.3. The number of nitrogens with one attached hydrogen (secondary N) is 1. The summed E-state index contributed by atoms with van der Waals surface area (Å²) >= 11 is 0. The number of amides is 1. The summed E-state index contributed by atoms with van der Waals surface area (Å²) in [6.45, 7) is 0. The number of carboxylic acid groups (broad SMARTS) is 3. The van der Waals surface area contributed by atoms with Crippen LogP contribution in [0.5, 0.6) is 0 Å². The third-order valence-electron chi connectivity index (χ3n) is 2.15. The van der Waals surface area contributed by atoms with Crippen LogP contribution in [-0.2, 0) is 19.2 Å². The van der Waals surface area contributed by atoms with Gasteiger partial charge in [-0.05, 0) is 6.42 Å². The quantitative estimate of drug-likeness (QED) is 0.298. The zero-order chi connectivity index (χ0) is 16.3. The third kappa shape index (κ3) is 12.1. The third-order valence-corrected chi connectivity index (χ3v) is 4.56. The lowest BCUT2D eigenvalue weighted by atomic mass is 10.2. The van der Waals surface area contributed by atoms with Crippen LogP contribution in [0.3, 0.4) is 0 Å². The van der Waals surface area contributed by atoms with Crippen LogP contribution in [0.1, 0.15) is 25.7 Å². The van der Waals surface area contributed by atoms with E-state index in [1.807, 2.05) is 0 Å². The molecule has 1 amide bonds. The van der Waals surface area contributed by atoms with Crippen LogP contribution in [-0.4, -0.2) is 56.7 Å². The van der Waals surface area contributed by atoms with E-state index in [0.29, 0.717) is 5.75 Å². The summed E-state index contributed by atoms with van der Waals surface area (Å²) in [6, 6.07) is -1.08. The van der Waals surface area contributed by atoms with Crippen molar-refractivity contribution in [2.45, 2.75) is 31.7 Å². The van der Waals surface area contributed by atoms with E-state index in [2.05, 4.69) is 5.32 Å². The average Bonchev–Trinajstić information content (AvgIpc) is 2.35. The van der Waals surface area contributed by atoms with Crippen molar-refractivity contribution < 1.29 is 34.5 Å². The number of rotatable bonds is 12. The molecule has 0 spiro atoms. The Bertz CT molecular complexity index is 389. The lowest BCUT2D eigenvalue weighted by Gasteiger charge is -2.13. The van der Waals surface area contributed by atoms with Crippen molar-refractivity contribution in [3.63, 3.8) is 0 Å².